The summed E-state index contributed by atoms with van der Waals surface area (Å²) < 4.78 is 54.2. The fourth-order valence-electron chi connectivity index (χ4n) is 4.75. The van der Waals surface area contributed by atoms with Gasteiger partial charge in [0.2, 0.25) is 5.91 Å². The minimum absolute atomic E-state index is 0.0190. The summed E-state index contributed by atoms with van der Waals surface area (Å²) in [6.07, 6.45) is 5.82. The van der Waals surface area contributed by atoms with Crippen molar-refractivity contribution in [3.05, 3.63) is 165 Å². The zero-order valence-corrected chi connectivity index (χ0v) is 34.7. The van der Waals surface area contributed by atoms with Gasteiger partial charge < -0.3 is 16.4 Å². The molecule has 4 aromatic rings. The van der Waals surface area contributed by atoms with Gasteiger partial charge in [-0.15, -0.1) is 0 Å². The van der Waals surface area contributed by atoms with Crippen molar-refractivity contribution in [2.24, 2.45) is 5.73 Å². The number of unbranched alkanes of at least 4 members (excludes halogenated alkanes) is 1. The van der Waals surface area contributed by atoms with E-state index in [0.29, 0.717) is 64.3 Å². The Balaban J connectivity index is 0.000000344. The minimum Gasteiger partial charge on any atom is -0.352 e. The van der Waals surface area contributed by atoms with Crippen LogP contribution in [0.25, 0.3) is 23.3 Å². The first kappa shape index (κ1) is 49.8. The van der Waals surface area contributed by atoms with E-state index >= 15 is 0 Å². The fourth-order valence-corrected chi connectivity index (χ4v) is 5.16. The highest BCUT2D eigenvalue weighted by atomic mass is 35.5. The number of carbonyl (C=O) groups excluding carboxylic acids is 4. The molecule has 0 aliphatic carbocycles. The van der Waals surface area contributed by atoms with E-state index < -0.39 is 34.4 Å². The maximum Gasteiger partial charge on any atom is 0.253 e. The van der Waals surface area contributed by atoms with E-state index in [1.54, 1.807) is 62.4 Å². The van der Waals surface area contributed by atoms with Crippen molar-refractivity contribution >= 4 is 80.9 Å². The number of allylic oxidation sites excluding steroid dienone is 2. The topological polar surface area (TPSA) is 118 Å². The second kappa shape index (κ2) is 25.9. The molecule has 0 fully saturated rings. The van der Waals surface area contributed by atoms with Crippen molar-refractivity contribution in [2.45, 2.75) is 39.5 Å². The highest BCUT2D eigenvalue weighted by Crippen LogP contribution is 2.26. The zero-order valence-electron chi connectivity index (χ0n) is 32.5. The molecule has 7 nitrogen and oxygen atoms in total. The van der Waals surface area contributed by atoms with Gasteiger partial charge in [-0.2, -0.15) is 0 Å². The maximum absolute atomic E-state index is 14.3. The van der Waals surface area contributed by atoms with Crippen LogP contribution in [0.2, 0.25) is 10.0 Å². The smallest absolute Gasteiger partial charge is 0.253 e. The lowest BCUT2D eigenvalue weighted by Gasteiger charge is -2.11. The molecule has 0 aliphatic heterocycles. The number of Topliss-reactive ketones (excluding diaryl/α,β-unsaturated/α-hetero) is 1. The van der Waals surface area contributed by atoms with Crippen molar-refractivity contribution in [1.82, 2.24) is 10.6 Å². The van der Waals surface area contributed by atoms with E-state index in [2.05, 4.69) is 23.8 Å². The summed E-state index contributed by atoms with van der Waals surface area (Å²) in [6.45, 7) is 11.7. The molecule has 312 valence electrons. The van der Waals surface area contributed by atoms with Gasteiger partial charge in [-0.1, -0.05) is 60.6 Å². The molecule has 0 saturated heterocycles. The predicted molar refractivity (Wildman–Crippen MR) is 230 cm³/mol. The molecule has 59 heavy (non-hydrogen) atoms. The molecule has 4 N–H and O–H groups in total. The fraction of sp³-hybridized carbons (Fsp3) is 0.200. The summed E-state index contributed by atoms with van der Waals surface area (Å²) in [5.41, 5.74) is 7.50. The first-order valence-electron chi connectivity index (χ1n) is 18.1. The van der Waals surface area contributed by atoms with Crippen molar-refractivity contribution < 1.29 is 36.7 Å². The van der Waals surface area contributed by atoms with Gasteiger partial charge in [0.05, 0.1) is 5.57 Å². The summed E-state index contributed by atoms with van der Waals surface area (Å²) in [5, 5.41) is 5.58. The number of ketones is 1. The molecule has 14 heteroatoms. The molecular weight excluding hydrogens is 829 g/mol. The van der Waals surface area contributed by atoms with Crippen LogP contribution < -0.4 is 16.4 Å². The summed E-state index contributed by atoms with van der Waals surface area (Å²) in [6, 6.07) is 19.2. The number of carbonyl (C=O) groups is 4. The summed E-state index contributed by atoms with van der Waals surface area (Å²) in [7, 11) is 0. The second-order valence-electron chi connectivity index (χ2n) is 12.8. The highest BCUT2D eigenvalue weighted by molar-refractivity contribution is 6.75. The lowest BCUT2D eigenvalue weighted by molar-refractivity contribution is -0.117. The van der Waals surface area contributed by atoms with Gasteiger partial charge in [0.1, 0.15) is 23.3 Å². The van der Waals surface area contributed by atoms with E-state index in [1.807, 2.05) is 0 Å². The van der Waals surface area contributed by atoms with Gasteiger partial charge in [-0.05, 0) is 129 Å². The maximum atomic E-state index is 14.3. The van der Waals surface area contributed by atoms with E-state index in [4.69, 9.17) is 40.5 Å². The molecule has 0 spiro atoms. The normalized spacial score (nSPS) is 10.9. The van der Waals surface area contributed by atoms with E-state index in [1.165, 1.54) is 24.3 Å². The largest absolute Gasteiger partial charge is 0.352 e. The number of nitrogens with one attached hydrogen (secondary N) is 2. The number of benzene rings is 4. The third-order valence-corrected chi connectivity index (χ3v) is 8.61. The number of nitrogens with two attached hydrogens (primary N) is 1. The third kappa shape index (κ3) is 18.4. The standard InChI is InChI=1S/C22H21ClF2N2O2.C15H8Cl2F2O.C8H15NO/c1-14(2)21(28)26-10-3-11-27-22(29)19(12-15-4-6-16(23)7-5-15)18-9-8-17(24)13-20(18)25;16-10-3-1-9(2-4-10)7-13(15(17)20)12-6-5-11(18)8-14(12)19;1-7(2)8(10)5-3-4-6-9/h4-9,12-13H,1,3,10-11H2,2H3,(H,26,28)(H,27,29);1-8H;1,3-6,9H2,2H3/b19-12+;13-7+;. The molecular formula is C45H44Cl3F4N3O4. The Bertz CT molecular complexity index is 2170. The average Bonchev–Trinajstić information content (AvgIpc) is 3.18. The molecule has 4 aromatic carbocycles. The van der Waals surface area contributed by atoms with Crippen LogP contribution in [0.4, 0.5) is 17.6 Å². The lowest BCUT2D eigenvalue weighted by Crippen LogP contribution is -2.30. The van der Waals surface area contributed by atoms with Crippen molar-refractivity contribution in [2.75, 3.05) is 19.6 Å². The van der Waals surface area contributed by atoms with E-state index in [-0.39, 0.29) is 40.5 Å². The first-order chi connectivity index (χ1) is 27.9. The Morgan fingerprint density at radius 1 is 0.627 bits per heavy atom. The minimum atomic E-state index is -0.848. The lowest BCUT2D eigenvalue weighted by atomic mass is 10.0. The van der Waals surface area contributed by atoms with Gasteiger partial charge in [0.15, 0.2) is 5.78 Å². The summed E-state index contributed by atoms with van der Waals surface area (Å²) in [5.74, 6) is -3.75. The van der Waals surface area contributed by atoms with Gasteiger partial charge in [0.25, 0.3) is 11.1 Å². The van der Waals surface area contributed by atoms with Gasteiger partial charge in [0, 0.05) is 64.0 Å². The molecule has 0 aliphatic rings. The van der Waals surface area contributed by atoms with Gasteiger partial charge in [-0.3, -0.25) is 19.2 Å². The molecule has 0 aromatic heterocycles. The Morgan fingerprint density at radius 3 is 1.47 bits per heavy atom. The molecule has 0 saturated carbocycles. The first-order valence-corrected chi connectivity index (χ1v) is 19.2. The number of hydrogen-bond donors (Lipinski definition) is 3. The Hall–Kier alpha value is -5.33. The monoisotopic (exact) mass is 871 g/mol. The molecule has 0 unspecified atom stereocenters. The van der Waals surface area contributed by atoms with Crippen LogP contribution in [-0.2, 0) is 19.2 Å². The van der Waals surface area contributed by atoms with Crippen LogP contribution in [0.3, 0.4) is 0 Å². The molecule has 0 heterocycles. The molecule has 0 radical (unpaired) electrons. The van der Waals surface area contributed by atoms with Crippen LogP contribution >= 0.6 is 34.8 Å². The SMILES string of the molecule is C=C(C)C(=O)CCCCN.C=C(C)C(=O)NCCCNC(=O)/C(=C/c1ccc(Cl)cc1)c1ccc(F)cc1F.O=C(Cl)/C(=C/c1ccc(Cl)cc1)c1ccc(F)cc1F. The molecule has 0 bridgehead atoms. The predicted octanol–water partition coefficient (Wildman–Crippen LogP) is 10.5. The summed E-state index contributed by atoms with van der Waals surface area (Å²) in [4.78, 5) is 46.5. The number of hydrogen-bond acceptors (Lipinski definition) is 5. The van der Waals surface area contributed by atoms with Crippen LogP contribution in [0, 0.1) is 23.3 Å². The van der Waals surface area contributed by atoms with E-state index in [0.717, 1.165) is 31.0 Å². The Morgan fingerprint density at radius 2 is 1.07 bits per heavy atom. The van der Waals surface area contributed by atoms with Crippen LogP contribution in [0.15, 0.2) is 109 Å². The quantitative estimate of drug-likeness (QED) is 0.0341. The second-order valence-corrected chi connectivity index (χ2v) is 14.1. The third-order valence-electron chi connectivity index (χ3n) is 7.91. The van der Waals surface area contributed by atoms with Crippen LogP contribution in [0.1, 0.15) is 61.8 Å². The Kier molecular flexibility index (Phi) is 21.9. The van der Waals surface area contributed by atoms with Crippen molar-refractivity contribution in [3.63, 3.8) is 0 Å². The van der Waals surface area contributed by atoms with Gasteiger partial charge >= 0.3 is 0 Å². The van der Waals surface area contributed by atoms with Crippen molar-refractivity contribution in [3.8, 4) is 0 Å². The van der Waals surface area contributed by atoms with Crippen LogP contribution in [-0.4, -0.2) is 42.5 Å². The average molecular weight is 873 g/mol. The molecule has 2 amide bonds. The molecule has 0 atom stereocenters. The summed E-state index contributed by atoms with van der Waals surface area (Å²) >= 11 is 17.1. The van der Waals surface area contributed by atoms with Crippen LogP contribution in [0.5, 0.6) is 0 Å². The molecule has 4 rings (SSSR count). The number of halogens is 7. The zero-order chi connectivity index (χ0) is 44.1. The Labute approximate surface area is 356 Å². The van der Waals surface area contributed by atoms with Gasteiger partial charge in [-0.25, -0.2) is 17.6 Å². The highest BCUT2D eigenvalue weighted by Gasteiger charge is 2.17. The van der Waals surface area contributed by atoms with Crippen molar-refractivity contribution in [1.29, 1.82) is 0 Å². The number of rotatable bonds is 16. The number of amides is 2. The van der Waals surface area contributed by atoms with E-state index in [9.17, 15) is 36.7 Å².